The van der Waals surface area contributed by atoms with E-state index in [-0.39, 0.29) is 17.6 Å². The van der Waals surface area contributed by atoms with Crippen LogP contribution in [0.4, 0.5) is 10.1 Å². The molecule has 1 saturated carbocycles. The van der Waals surface area contributed by atoms with E-state index in [4.69, 9.17) is 11.6 Å². The van der Waals surface area contributed by atoms with Crippen molar-refractivity contribution in [1.82, 2.24) is 5.32 Å². The monoisotopic (exact) mass is 344 g/mol. The second-order valence-electron chi connectivity index (χ2n) is 6.59. The van der Waals surface area contributed by atoms with Gasteiger partial charge >= 0.3 is 0 Å². The largest absolute Gasteiger partial charge is 0.322 e. The van der Waals surface area contributed by atoms with Crippen molar-refractivity contribution >= 4 is 23.2 Å². The topological polar surface area (TPSA) is 41.1 Å². The molecule has 1 heterocycles. The van der Waals surface area contributed by atoms with E-state index in [1.807, 2.05) is 6.07 Å². The van der Waals surface area contributed by atoms with E-state index in [0.29, 0.717) is 22.1 Å². The smallest absolute Gasteiger partial charge is 0.241 e. The maximum absolute atomic E-state index is 14.9. The molecule has 3 atom stereocenters. The Kier molecular flexibility index (Phi) is 4.02. The Labute approximate surface area is 145 Å². The lowest BCUT2D eigenvalue weighted by atomic mass is 10.0. The van der Waals surface area contributed by atoms with Gasteiger partial charge in [-0.2, -0.15) is 0 Å². The van der Waals surface area contributed by atoms with E-state index in [1.54, 1.807) is 36.4 Å². The van der Waals surface area contributed by atoms with Gasteiger partial charge in [0, 0.05) is 16.1 Å². The summed E-state index contributed by atoms with van der Waals surface area (Å²) >= 11 is 6.17. The average Bonchev–Trinajstić information content (AvgIpc) is 3.36. The van der Waals surface area contributed by atoms with Crippen molar-refractivity contribution in [3.05, 3.63) is 53.3 Å². The first-order valence-electron chi connectivity index (χ1n) is 8.21. The lowest BCUT2D eigenvalue weighted by Gasteiger charge is -2.22. The minimum Gasteiger partial charge on any atom is -0.322 e. The van der Waals surface area contributed by atoms with Gasteiger partial charge in [0.25, 0.3) is 0 Å². The number of fused-ring (bicyclic) bond motifs is 1. The third-order valence-corrected chi connectivity index (χ3v) is 5.30. The maximum Gasteiger partial charge on any atom is 0.241 e. The van der Waals surface area contributed by atoms with Gasteiger partial charge in [-0.25, -0.2) is 4.39 Å². The zero-order chi connectivity index (χ0) is 16.7. The molecular formula is C19H18ClFN2O. The summed E-state index contributed by atoms with van der Waals surface area (Å²) in [6.07, 6.45) is 2.04. The van der Waals surface area contributed by atoms with Crippen LogP contribution in [0.15, 0.2) is 42.5 Å². The zero-order valence-corrected chi connectivity index (χ0v) is 13.8. The highest BCUT2D eigenvalue weighted by Gasteiger charge is 2.43. The SMILES string of the molecule is O=C(Nc1cccc(-c2ccccc2Cl)c1F)[C@@H]1C[C@H]2C[C@H]2CN1. The molecule has 2 aromatic carbocycles. The molecule has 124 valence electrons. The minimum atomic E-state index is -0.459. The fourth-order valence-electron chi connectivity index (χ4n) is 3.46. The van der Waals surface area contributed by atoms with E-state index >= 15 is 0 Å². The van der Waals surface area contributed by atoms with Crippen LogP contribution in [-0.4, -0.2) is 18.5 Å². The molecule has 2 N–H and O–H groups in total. The zero-order valence-electron chi connectivity index (χ0n) is 13.1. The number of rotatable bonds is 3. The molecule has 3 nitrogen and oxygen atoms in total. The molecule has 5 heteroatoms. The van der Waals surface area contributed by atoms with Crippen LogP contribution in [0.5, 0.6) is 0 Å². The lowest BCUT2D eigenvalue weighted by Crippen LogP contribution is -2.44. The number of anilines is 1. The van der Waals surface area contributed by atoms with Crippen LogP contribution in [0, 0.1) is 17.7 Å². The van der Waals surface area contributed by atoms with Gasteiger partial charge < -0.3 is 10.6 Å². The first kappa shape index (κ1) is 15.6. The summed E-state index contributed by atoms with van der Waals surface area (Å²) in [7, 11) is 0. The normalized spacial score (nSPS) is 25.0. The Morgan fingerprint density at radius 2 is 1.88 bits per heavy atom. The summed E-state index contributed by atoms with van der Waals surface area (Å²) < 4.78 is 14.9. The Hall–Kier alpha value is -1.91. The number of piperidine rings is 1. The van der Waals surface area contributed by atoms with Crippen LogP contribution in [0.3, 0.4) is 0 Å². The molecule has 24 heavy (non-hydrogen) atoms. The third kappa shape index (κ3) is 2.92. The molecule has 4 rings (SSSR count). The molecule has 2 aliphatic rings. The molecule has 1 saturated heterocycles. The van der Waals surface area contributed by atoms with Gasteiger partial charge in [-0.1, -0.05) is 41.9 Å². The molecule has 0 unspecified atom stereocenters. The number of carbonyl (C=O) groups excluding carboxylic acids is 1. The van der Waals surface area contributed by atoms with Gasteiger partial charge in [-0.15, -0.1) is 0 Å². The second-order valence-corrected chi connectivity index (χ2v) is 7.00. The standard InChI is InChI=1S/C19H18ClFN2O/c20-15-6-2-1-4-13(15)14-5-3-7-16(18(14)21)23-19(24)17-9-11-8-12(11)10-22-17/h1-7,11-12,17,22H,8-10H2,(H,23,24)/t11-,12+,17+/m1/s1. The molecule has 0 bridgehead atoms. The van der Waals surface area contributed by atoms with Gasteiger partial charge in [-0.05, 0) is 43.4 Å². The van der Waals surface area contributed by atoms with Crippen molar-refractivity contribution < 1.29 is 9.18 Å². The Morgan fingerprint density at radius 3 is 2.67 bits per heavy atom. The number of amides is 1. The summed E-state index contributed by atoms with van der Waals surface area (Å²) in [4.78, 5) is 12.4. The Balaban J connectivity index is 1.56. The fraction of sp³-hybridized carbons (Fsp3) is 0.316. The molecule has 0 spiro atoms. The van der Waals surface area contributed by atoms with Gasteiger partial charge in [0.2, 0.25) is 5.91 Å². The minimum absolute atomic E-state index is 0.171. The summed E-state index contributed by atoms with van der Waals surface area (Å²) in [5, 5.41) is 6.46. The molecule has 2 aromatic rings. The molecule has 1 aliphatic heterocycles. The summed E-state index contributed by atoms with van der Waals surface area (Å²) in [6, 6.07) is 11.8. The highest BCUT2D eigenvalue weighted by molar-refractivity contribution is 6.33. The number of hydrogen-bond donors (Lipinski definition) is 2. The Morgan fingerprint density at radius 1 is 1.08 bits per heavy atom. The van der Waals surface area contributed by atoms with Gasteiger partial charge in [0.1, 0.15) is 0 Å². The highest BCUT2D eigenvalue weighted by Crippen LogP contribution is 2.44. The Bertz CT molecular complexity index is 795. The molecule has 0 radical (unpaired) electrons. The first-order valence-corrected chi connectivity index (χ1v) is 8.59. The predicted octanol–water partition coefficient (Wildman–Crippen LogP) is 4.08. The van der Waals surface area contributed by atoms with Crippen LogP contribution in [0.25, 0.3) is 11.1 Å². The van der Waals surface area contributed by atoms with E-state index in [2.05, 4.69) is 10.6 Å². The van der Waals surface area contributed by atoms with Crippen molar-refractivity contribution in [3.63, 3.8) is 0 Å². The van der Waals surface area contributed by atoms with Crippen LogP contribution < -0.4 is 10.6 Å². The van der Waals surface area contributed by atoms with Crippen LogP contribution >= 0.6 is 11.6 Å². The van der Waals surface area contributed by atoms with E-state index in [0.717, 1.165) is 18.9 Å². The maximum atomic E-state index is 14.9. The average molecular weight is 345 g/mol. The van der Waals surface area contributed by atoms with Gasteiger partial charge in [0.15, 0.2) is 5.82 Å². The summed E-state index contributed by atoms with van der Waals surface area (Å²) in [5.41, 5.74) is 1.19. The molecule has 1 amide bonds. The quantitative estimate of drug-likeness (QED) is 0.880. The first-order chi connectivity index (χ1) is 11.6. The summed E-state index contributed by atoms with van der Waals surface area (Å²) in [6.45, 7) is 0.880. The van der Waals surface area contributed by atoms with Crippen LogP contribution in [0.2, 0.25) is 5.02 Å². The van der Waals surface area contributed by atoms with Crippen LogP contribution in [-0.2, 0) is 4.79 Å². The summed E-state index contributed by atoms with van der Waals surface area (Å²) in [5.74, 6) is 0.755. The van der Waals surface area contributed by atoms with Crippen molar-refractivity contribution in [2.24, 2.45) is 11.8 Å². The number of halogens is 2. The number of benzene rings is 2. The second kappa shape index (κ2) is 6.19. The fourth-order valence-corrected chi connectivity index (χ4v) is 3.70. The number of carbonyl (C=O) groups is 1. The third-order valence-electron chi connectivity index (χ3n) is 4.97. The van der Waals surface area contributed by atoms with E-state index in [9.17, 15) is 9.18 Å². The molecule has 1 aliphatic carbocycles. The van der Waals surface area contributed by atoms with Crippen molar-refractivity contribution in [3.8, 4) is 11.1 Å². The molecule has 2 fully saturated rings. The predicted molar refractivity (Wildman–Crippen MR) is 93.5 cm³/mol. The van der Waals surface area contributed by atoms with Crippen molar-refractivity contribution in [1.29, 1.82) is 0 Å². The van der Waals surface area contributed by atoms with E-state index in [1.165, 1.54) is 6.42 Å². The molecular weight excluding hydrogens is 327 g/mol. The highest BCUT2D eigenvalue weighted by atomic mass is 35.5. The van der Waals surface area contributed by atoms with E-state index < -0.39 is 5.82 Å². The van der Waals surface area contributed by atoms with Crippen molar-refractivity contribution in [2.75, 3.05) is 11.9 Å². The van der Waals surface area contributed by atoms with Crippen LogP contribution in [0.1, 0.15) is 12.8 Å². The van der Waals surface area contributed by atoms with Gasteiger partial charge in [-0.3, -0.25) is 4.79 Å². The number of hydrogen-bond acceptors (Lipinski definition) is 2. The van der Waals surface area contributed by atoms with Gasteiger partial charge in [0.05, 0.1) is 11.7 Å². The molecule has 0 aromatic heterocycles. The lowest BCUT2D eigenvalue weighted by molar-refractivity contribution is -0.118. The van der Waals surface area contributed by atoms with Crippen molar-refractivity contribution in [2.45, 2.75) is 18.9 Å². The number of nitrogens with one attached hydrogen (secondary N) is 2.